The first-order valence-corrected chi connectivity index (χ1v) is 20.9. The molecule has 0 bridgehead atoms. The minimum atomic E-state index is 1.24. The second-order valence-corrected chi connectivity index (χ2v) is 16.3. The van der Waals surface area contributed by atoms with Gasteiger partial charge in [-0.1, -0.05) is 200 Å². The highest BCUT2D eigenvalue weighted by Crippen LogP contribution is 2.50. The van der Waals surface area contributed by atoms with Crippen LogP contribution in [0.5, 0.6) is 0 Å². The summed E-state index contributed by atoms with van der Waals surface area (Å²) < 4.78 is 0. The van der Waals surface area contributed by atoms with Gasteiger partial charge in [0.1, 0.15) is 0 Å². The molecule has 0 saturated heterocycles. The fourth-order valence-electron chi connectivity index (χ4n) is 10.5. The maximum absolute atomic E-state index is 2.50. The van der Waals surface area contributed by atoms with E-state index in [9.17, 15) is 0 Å². The summed E-state index contributed by atoms with van der Waals surface area (Å²) in [4.78, 5) is 0. The summed E-state index contributed by atoms with van der Waals surface area (Å²) in [6, 6.07) is 81.6. The first-order valence-electron chi connectivity index (χ1n) is 20.9. The summed E-state index contributed by atoms with van der Waals surface area (Å²) >= 11 is 0. The van der Waals surface area contributed by atoms with Gasteiger partial charge in [-0.3, -0.25) is 0 Å². The zero-order valence-corrected chi connectivity index (χ0v) is 32.8. The molecule has 0 aliphatic carbocycles. The Labute approximate surface area is 347 Å². The molecular weight excluding hydrogens is 721 g/mol. The fraction of sp³-hybridized carbons (Fsp3) is 0. The van der Waals surface area contributed by atoms with Crippen LogP contribution in [0, 0.1) is 0 Å². The lowest BCUT2D eigenvalue weighted by Crippen LogP contribution is -1.95. The van der Waals surface area contributed by atoms with Gasteiger partial charge in [0.15, 0.2) is 0 Å². The number of hydrogen-bond acceptors (Lipinski definition) is 0. The van der Waals surface area contributed by atoms with E-state index in [4.69, 9.17) is 0 Å². The molecular formula is C60H36. The van der Waals surface area contributed by atoms with E-state index >= 15 is 0 Å². The van der Waals surface area contributed by atoms with Crippen LogP contribution in [0.25, 0.3) is 131 Å². The van der Waals surface area contributed by atoms with Crippen molar-refractivity contribution in [3.63, 3.8) is 0 Å². The van der Waals surface area contributed by atoms with Gasteiger partial charge in [0.2, 0.25) is 0 Å². The van der Waals surface area contributed by atoms with Crippen LogP contribution in [0.2, 0.25) is 0 Å². The molecule has 0 aliphatic heterocycles. The molecule has 0 aliphatic rings. The lowest BCUT2D eigenvalue weighted by molar-refractivity contribution is 1.62. The molecule has 0 heteroatoms. The molecule has 0 N–H and O–H groups in total. The lowest BCUT2D eigenvalue weighted by atomic mass is 9.81. The molecule has 0 radical (unpaired) electrons. The van der Waals surface area contributed by atoms with Crippen LogP contribution >= 0.6 is 0 Å². The van der Waals surface area contributed by atoms with E-state index in [1.165, 1.54) is 131 Å². The Hall–Kier alpha value is -7.80. The molecule has 0 unspecified atom stereocenters. The van der Waals surface area contributed by atoms with Crippen molar-refractivity contribution >= 4 is 86.2 Å². The van der Waals surface area contributed by atoms with Gasteiger partial charge in [-0.25, -0.2) is 0 Å². The van der Waals surface area contributed by atoms with Gasteiger partial charge in [0.25, 0.3) is 0 Å². The van der Waals surface area contributed by atoms with E-state index in [-0.39, 0.29) is 0 Å². The molecule has 0 amide bonds. The summed E-state index contributed by atoms with van der Waals surface area (Å²) in [6.07, 6.45) is 0. The zero-order valence-electron chi connectivity index (χ0n) is 32.8. The molecule has 0 aromatic heterocycles. The molecule has 13 aromatic carbocycles. The Morgan fingerprint density at radius 3 is 1.18 bits per heavy atom. The average molecular weight is 757 g/mol. The van der Waals surface area contributed by atoms with Crippen LogP contribution in [0.15, 0.2) is 218 Å². The highest BCUT2D eigenvalue weighted by atomic mass is 14.3. The van der Waals surface area contributed by atoms with E-state index in [1.807, 2.05) is 0 Å². The zero-order chi connectivity index (χ0) is 39.3. The van der Waals surface area contributed by atoms with Gasteiger partial charge >= 0.3 is 0 Å². The normalized spacial score (nSPS) is 12.0. The third-order valence-corrected chi connectivity index (χ3v) is 13.2. The smallest absolute Gasteiger partial charge is 0.00141 e. The summed E-state index contributed by atoms with van der Waals surface area (Å²) in [5.74, 6) is 0. The SMILES string of the molecule is c1ccc(-c2cc(-c3cc4ccccc4c4ccccc34)c3ccc4ccc(-c5cc6ccccc6c6ccccc56)c5ccc2c3c45)c(-c2cccc3ccccc23)c1. The topological polar surface area (TPSA) is 0 Å². The van der Waals surface area contributed by atoms with Crippen molar-refractivity contribution in [2.45, 2.75) is 0 Å². The van der Waals surface area contributed by atoms with Gasteiger partial charge in [-0.15, -0.1) is 0 Å². The Morgan fingerprint density at radius 2 is 0.533 bits per heavy atom. The summed E-state index contributed by atoms with van der Waals surface area (Å²) in [5, 5.41) is 20.4. The maximum Gasteiger partial charge on any atom is -0.00141 e. The van der Waals surface area contributed by atoms with Crippen LogP contribution in [0.4, 0.5) is 0 Å². The molecule has 0 nitrogen and oxygen atoms in total. The minimum Gasteiger partial charge on any atom is -0.0616 e. The van der Waals surface area contributed by atoms with Crippen LogP contribution in [-0.4, -0.2) is 0 Å². The maximum atomic E-state index is 2.50. The van der Waals surface area contributed by atoms with Gasteiger partial charge in [-0.2, -0.15) is 0 Å². The number of rotatable bonds is 4. The van der Waals surface area contributed by atoms with Crippen LogP contribution in [0.3, 0.4) is 0 Å². The second-order valence-electron chi connectivity index (χ2n) is 16.3. The average Bonchev–Trinajstić information content (AvgIpc) is 3.32. The van der Waals surface area contributed by atoms with Crippen molar-refractivity contribution < 1.29 is 0 Å². The molecule has 0 atom stereocenters. The van der Waals surface area contributed by atoms with Gasteiger partial charge in [-0.05, 0) is 149 Å². The van der Waals surface area contributed by atoms with Crippen molar-refractivity contribution in [1.82, 2.24) is 0 Å². The Balaban J connectivity index is 1.19. The van der Waals surface area contributed by atoms with Crippen molar-refractivity contribution in [2.75, 3.05) is 0 Å². The Morgan fingerprint density at radius 1 is 0.150 bits per heavy atom. The number of hydrogen-bond donors (Lipinski definition) is 0. The van der Waals surface area contributed by atoms with Gasteiger partial charge < -0.3 is 0 Å². The highest BCUT2D eigenvalue weighted by molar-refractivity contribution is 6.32. The molecule has 276 valence electrons. The first kappa shape index (κ1) is 33.2. The largest absolute Gasteiger partial charge is 0.0616 e. The van der Waals surface area contributed by atoms with E-state index < -0.39 is 0 Å². The van der Waals surface area contributed by atoms with E-state index in [2.05, 4.69) is 218 Å². The fourth-order valence-corrected chi connectivity index (χ4v) is 10.5. The van der Waals surface area contributed by atoms with Crippen LogP contribution in [-0.2, 0) is 0 Å². The Bertz CT molecular complexity index is 3880. The minimum absolute atomic E-state index is 1.24. The standard InChI is InChI=1S/C60H36/c1-4-18-41-37(14-1)17-13-27-46(41)47-23-9-12-26-50(47)57-36-58(56-35-40-16-3-6-20-43(40)45-22-8-11-25-49(45)56)53-31-29-38-28-30-51(52-32-33-54(57)60(53)59(38)52)55-34-39-15-2-5-19-42(39)44-21-7-10-24-48(44)55/h1-36H. The Kier molecular flexibility index (Phi) is 7.11. The molecule has 60 heavy (non-hydrogen) atoms. The quantitative estimate of drug-likeness (QED) is 0.157. The molecule has 0 heterocycles. The number of benzene rings is 13. The predicted molar refractivity (Wildman–Crippen MR) is 259 cm³/mol. The highest BCUT2D eigenvalue weighted by Gasteiger charge is 2.22. The molecule has 0 saturated carbocycles. The number of fused-ring (bicyclic) bond motifs is 7. The van der Waals surface area contributed by atoms with E-state index in [1.54, 1.807) is 0 Å². The molecule has 0 fully saturated rings. The monoisotopic (exact) mass is 756 g/mol. The van der Waals surface area contributed by atoms with Crippen molar-refractivity contribution in [3.05, 3.63) is 218 Å². The lowest BCUT2D eigenvalue weighted by Gasteiger charge is -2.22. The third kappa shape index (κ3) is 4.79. The predicted octanol–water partition coefficient (Wildman–Crippen LogP) is 17.0. The summed E-state index contributed by atoms with van der Waals surface area (Å²) in [7, 11) is 0. The van der Waals surface area contributed by atoms with Crippen molar-refractivity contribution in [3.8, 4) is 44.5 Å². The molecule has 13 rings (SSSR count). The van der Waals surface area contributed by atoms with Crippen molar-refractivity contribution in [1.29, 1.82) is 0 Å². The van der Waals surface area contributed by atoms with Crippen LogP contribution < -0.4 is 0 Å². The summed E-state index contributed by atoms with van der Waals surface area (Å²) in [5.41, 5.74) is 10.0. The molecule has 13 aromatic rings. The molecule has 0 spiro atoms. The second kappa shape index (κ2) is 12.9. The van der Waals surface area contributed by atoms with Crippen LogP contribution in [0.1, 0.15) is 0 Å². The third-order valence-electron chi connectivity index (χ3n) is 13.2. The summed E-state index contributed by atoms with van der Waals surface area (Å²) in [6.45, 7) is 0. The van der Waals surface area contributed by atoms with Gasteiger partial charge in [0.05, 0.1) is 0 Å². The van der Waals surface area contributed by atoms with E-state index in [0.717, 1.165) is 0 Å². The van der Waals surface area contributed by atoms with E-state index in [0.29, 0.717) is 0 Å². The first-order chi connectivity index (χ1) is 29.8. The van der Waals surface area contributed by atoms with Gasteiger partial charge in [0, 0.05) is 0 Å². The van der Waals surface area contributed by atoms with Crippen molar-refractivity contribution in [2.24, 2.45) is 0 Å².